The number of rotatable bonds is 28. The predicted octanol–water partition coefficient (Wildman–Crippen LogP) is 12.4. The number of hydrogen-bond acceptors (Lipinski definition) is 10. The maximum Gasteiger partial charge on any atom is 0.462 e. The molecule has 7 unspecified atom stereocenters. The standard InChI is InChI=1S/C19H36O5.C15H3F29O5/c1-7-8-9-10-11-21-16(4)12-22-17(5)13-23-18(6)14-24-19(20)15(2)3;16-2(1-45,7(22,23)24)46-13(39,40)4(19,9(28,29)30)48-15(43,44)6(21,11(34,35)36)49-14(41,42)5(20,10(31,32)33)47-12(37,38)3(17,18)8(25,26)27/h16-18H,2,7-14H2,1,3-6H3;45H,1H2. The number of carbonyl (C=O) groups excluding carboxylic acids is 1. The number of aliphatic hydroxyl groups is 1. The summed E-state index contributed by atoms with van der Waals surface area (Å²) in [4.78, 5) is 11.3. The van der Waals surface area contributed by atoms with Crippen LogP contribution in [0.1, 0.15) is 60.3 Å². The third-order valence-corrected chi connectivity index (χ3v) is 8.09. The van der Waals surface area contributed by atoms with E-state index in [4.69, 9.17) is 24.1 Å². The molecule has 0 bridgehead atoms. The van der Waals surface area contributed by atoms with E-state index in [1.54, 1.807) is 6.92 Å². The first kappa shape index (κ1) is 71.9. The van der Waals surface area contributed by atoms with Gasteiger partial charge in [0.25, 0.3) is 0 Å². The summed E-state index contributed by atoms with van der Waals surface area (Å²) in [5, 5.41) is 8.11. The molecule has 0 radical (unpaired) electrons. The zero-order valence-corrected chi connectivity index (χ0v) is 36.9. The zero-order valence-electron chi connectivity index (χ0n) is 36.9. The quantitative estimate of drug-likeness (QED) is 0.0352. The Morgan fingerprint density at radius 3 is 1.08 bits per heavy atom. The second-order valence-electron chi connectivity index (χ2n) is 14.6. The molecule has 0 aromatic rings. The Kier molecular flexibility index (Phi) is 24.5. The minimum Gasteiger partial charge on any atom is -0.460 e. The SMILES string of the molecule is C=C(C)C(=O)OCC(C)OCC(C)OCC(C)OCCCCCC.OCC(F)(OC(F)(F)C(F)(OC(F)(F)C(F)(OC(F)(F)C(F)(OC(F)(F)C(F)(F)C(F)(F)F)C(F)(F)F)C(F)(F)F)C(F)(F)F)C(F)(F)F. The van der Waals surface area contributed by atoms with Crippen molar-refractivity contribution < 1.29 is 175 Å². The van der Waals surface area contributed by atoms with Gasteiger partial charge in [0.15, 0.2) is 0 Å². The number of unbranched alkanes of at least 4 members (excludes halogenated alkanes) is 3. The smallest absolute Gasteiger partial charge is 0.460 e. The molecular weight excluding hydrogens is 1120 g/mol. The summed E-state index contributed by atoms with van der Waals surface area (Å²) in [5.41, 5.74) is 0.391. The molecule has 0 heterocycles. The van der Waals surface area contributed by atoms with Crippen LogP contribution in [0, 0.1) is 0 Å². The first-order valence-corrected chi connectivity index (χ1v) is 19.1. The molecule has 0 saturated heterocycles. The van der Waals surface area contributed by atoms with E-state index in [-0.39, 0.29) is 30.9 Å². The lowest BCUT2D eigenvalue weighted by molar-refractivity contribution is -0.593. The van der Waals surface area contributed by atoms with Gasteiger partial charge in [-0.3, -0.25) is 18.9 Å². The number of halogens is 29. The maximum absolute atomic E-state index is 14.3. The Hall–Kier alpha value is -3.14. The largest absolute Gasteiger partial charge is 0.462 e. The molecule has 0 saturated carbocycles. The first-order valence-electron chi connectivity index (χ1n) is 19.1. The van der Waals surface area contributed by atoms with Gasteiger partial charge in [-0.15, -0.1) is 0 Å². The third kappa shape index (κ3) is 18.0. The van der Waals surface area contributed by atoms with Gasteiger partial charge in [-0.05, 0) is 34.1 Å². The summed E-state index contributed by atoms with van der Waals surface area (Å²) < 4.78 is 408. The monoisotopic (exact) mass is 1160 g/mol. The topological polar surface area (TPSA) is 111 Å². The number of hydrogen-bond donors (Lipinski definition) is 1. The third-order valence-electron chi connectivity index (χ3n) is 8.09. The van der Waals surface area contributed by atoms with Crippen LogP contribution in [-0.2, 0) is 42.7 Å². The molecule has 73 heavy (non-hydrogen) atoms. The molecule has 0 aliphatic carbocycles. The Morgan fingerprint density at radius 1 is 0.452 bits per heavy atom. The van der Waals surface area contributed by atoms with Gasteiger partial charge >= 0.3 is 90.6 Å². The van der Waals surface area contributed by atoms with Gasteiger partial charge in [0.2, 0.25) is 0 Å². The van der Waals surface area contributed by atoms with Crippen LogP contribution < -0.4 is 0 Å². The number of carbonyl (C=O) groups is 1. The van der Waals surface area contributed by atoms with E-state index >= 15 is 0 Å². The number of ether oxygens (including phenoxy) is 8. The van der Waals surface area contributed by atoms with Crippen molar-refractivity contribution in [1.82, 2.24) is 0 Å². The van der Waals surface area contributed by atoms with Crippen LogP contribution in [0.3, 0.4) is 0 Å². The van der Waals surface area contributed by atoms with Crippen LogP contribution in [0.25, 0.3) is 0 Å². The normalized spacial score (nSPS) is 18.8. The van der Waals surface area contributed by atoms with Crippen LogP contribution >= 0.6 is 0 Å². The van der Waals surface area contributed by atoms with E-state index < -0.39 is 91.3 Å². The molecule has 0 rings (SSSR count). The van der Waals surface area contributed by atoms with Gasteiger partial charge in [0.05, 0.1) is 31.5 Å². The van der Waals surface area contributed by atoms with Crippen molar-refractivity contribution in [2.75, 3.05) is 33.0 Å². The van der Waals surface area contributed by atoms with Crippen LogP contribution in [-0.4, -0.2) is 147 Å². The van der Waals surface area contributed by atoms with Crippen LogP contribution in [0.5, 0.6) is 0 Å². The fraction of sp³-hybridized carbons (Fsp3) is 0.912. The average molecular weight is 1160 g/mol. The predicted molar refractivity (Wildman–Crippen MR) is 178 cm³/mol. The maximum atomic E-state index is 14.3. The van der Waals surface area contributed by atoms with Gasteiger partial charge in [0.1, 0.15) is 13.2 Å². The molecule has 0 aromatic carbocycles. The van der Waals surface area contributed by atoms with Gasteiger partial charge in [-0.25, -0.2) is 4.79 Å². The van der Waals surface area contributed by atoms with E-state index in [2.05, 4.69) is 13.5 Å². The highest BCUT2D eigenvalue weighted by Gasteiger charge is 2.90. The highest BCUT2D eigenvalue weighted by Crippen LogP contribution is 2.61. The van der Waals surface area contributed by atoms with Gasteiger partial charge in [-0.2, -0.15) is 127 Å². The zero-order chi connectivity index (χ0) is 58.9. The Bertz CT molecular complexity index is 1720. The molecule has 7 atom stereocenters. The lowest BCUT2D eigenvalue weighted by Gasteiger charge is -2.44. The highest BCUT2D eigenvalue weighted by molar-refractivity contribution is 5.86. The van der Waals surface area contributed by atoms with Crippen LogP contribution in [0.15, 0.2) is 12.2 Å². The first-order chi connectivity index (χ1) is 32.0. The Balaban J connectivity index is 0. The number of aliphatic hydroxyl groups excluding tert-OH is 1. The van der Waals surface area contributed by atoms with Crippen molar-refractivity contribution >= 4 is 5.97 Å². The molecule has 0 aliphatic rings. The molecular formula is C34H39F29O10. The summed E-state index contributed by atoms with van der Waals surface area (Å²) in [6, 6.07) is 0. The number of esters is 1. The Labute approximate surface area is 390 Å². The second kappa shape index (κ2) is 24.9. The fourth-order valence-corrected chi connectivity index (χ4v) is 4.06. The van der Waals surface area contributed by atoms with E-state index in [9.17, 15) is 132 Å². The average Bonchev–Trinajstić information content (AvgIpc) is 3.18. The van der Waals surface area contributed by atoms with Crippen molar-refractivity contribution in [2.24, 2.45) is 0 Å². The Morgan fingerprint density at radius 2 is 0.781 bits per heavy atom. The molecule has 0 amide bonds. The molecule has 0 aliphatic heterocycles. The highest BCUT2D eigenvalue weighted by atomic mass is 19.4. The minimum atomic E-state index is -9.19. The fourth-order valence-electron chi connectivity index (χ4n) is 4.06. The van der Waals surface area contributed by atoms with Crippen molar-refractivity contribution in [1.29, 1.82) is 0 Å². The lowest BCUT2D eigenvalue weighted by atomic mass is 10.2. The minimum absolute atomic E-state index is 0.0320. The van der Waals surface area contributed by atoms with Gasteiger partial charge in [0, 0.05) is 12.2 Å². The molecule has 39 heteroatoms. The van der Waals surface area contributed by atoms with E-state index in [0.29, 0.717) is 18.8 Å². The summed E-state index contributed by atoms with van der Waals surface area (Å²) in [6.07, 6.45) is -72.0. The molecule has 10 nitrogen and oxygen atoms in total. The van der Waals surface area contributed by atoms with Crippen molar-refractivity contribution in [3.8, 4) is 0 Å². The summed E-state index contributed by atoms with van der Waals surface area (Å²) in [6.45, 7) is 11.4. The van der Waals surface area contributed by atoms with E-state index in [0.717, 1.165) is 27.2 Å². The molecule has 0 fully saturated rings. The van der Waals surface area contributed by atoms with E-state index in [1.807, 2.05) is 20.8 Å². The van der Waals surface area contributed by atoms with Crippen LogP contribution in [0.2, 0.25) is 0 Å². The van der Waals surface area contributed by atoms with Gasteiger partial charge < -0.3 is 24.1 Å². The molecule has 0 spiro atoms. The summed E-state index contributed by atoms with van der Waals surface area (Å²) in [5.74, 6) is -42.6. The lowest BCUT2D eigenvalue weighted by Crippen LogP contribution is -2.72. The summed E-state index contributed by atoms with van der Waals surface area (Å²) >= 11 is 0. The van der Waals surface area contributed by atoms with Crippen molar-refractivity contribution in [3.05, 3.63) is 12.2 Å². The molecule has 1 N–H and O–H groups in total. The van der Waals surface area contributed by atoms with Crippen molar-refractivity contribution in [2.45, 2.75) is 163 Å². The molecule has 0 aromatic heterocycles. The van der Waals surface area contributed by atoms with E-state index in [1.165, 1.54) is 24.0 Å². The molecule has 438 valence electrons. The van der Waals surface area contributed by atoms with Crippen LogP contribution in [0.4, 0.5) is 127 Å². The second-order valence-corrected chi connectivity index (χ2v) is 14.6. The van der Waals surface area contributed by atoms with Crippen molar-refractivity contribution in [3.63, 3.8) is 0 Å². The van der Waals surface area contributed by atoms with Gasteiger partial charge in [-0.1, -0.05) is 32.8 Å². The number of alkyl halides is 29. The summed E-state index contributed by atoms with van der Waals surface area (Å²) in [7, 11) is 0.